The Morgan fingerprint density at radius 2 is 2.44 bits per heavy atom. The zero-order chi connectivity index (χ0) is 13.0. The first-order valence-electron chi connectivity index (χ1n) is 5.64. The molecule has 8 nitrogen and oxygen atoms in total. The first-order valence-corrected chi connectivity index (χ1v) is 5.64. The predicted molar refractivity (Wildman–Crippen MR) is 66.6 cm³/mol. The van der Waals surface area contributed by atoms with Gasteiger partial charge in [0, 0.05) is 7.11 Å². The van der Waals surface area contributed by atoms with Gasteiger partial charge in [-0.2, -0.15) is 9.61 Å². The molecule has 0 aliphatic carbocycles. The number of aromatic amines is 1. The van der Waals surface area contributed by atoms with E-state index in [-0.39, 0.29) is 11.7 Å². The Hall–Kier alpha value is -1.93. The number of nitrogens with two attached hydrogens (primary N) is 1. The largest absolute Gasteiger partial charge is 0.383 e. The molecule has 98 valence electrons. The maximum Gasteiger partial charge on any atom is 0.364 e. The molecule has 0 spiro atoms. The Labute approximate surface area is 103 Å². The van der Waals surface area contributed by atoms with E-state index in [1.165, 1.54) is 4.52 Å². The minimum Gasteiger partial charge on any atom is -0.383 e. The van der Waals surface area contributed by atoms with E-state index in [1.54, 1.807) is 19.2 Å². The van der Waals surface area contributed by atoms with Gasteiger partial charge in [0.1, 0.15) is 5.82 Å². The monoisotopic (exact) mass is 252 g/mol. The van der Waals surface area contributed by atoms with Crippen molar-refractivity contribution in [2.75, 3.05) is 25.6 Å². The van der Waals surface area contributed by atoms with Gasteiger partial charge < -0.3 is 15.8 Å². The number of anilines is 1. The molecule has 0 aliphatic rings. The summed E-state index contributed by atoms with van der Waals surface area (Å²) in [7, 11) is 1.63. The predicted octanol–water partition coefficient (Wildman–Crippen LogP) is -0.807. The Morgan fingerprint density at radius 1 is 1.61 bits per heavy atom. The average molecular weight is 252 g/mol. The van der Waals surface area contributed by atoms with Crippen LogP contribution in [0.4, 0.5) is 5.82 Å². The van der Waals surface area contributed by atoms with E-state index in [1.807, 2.05) is 0 Å². The van der Waals surface area contributed by atoms with Gasteiger partial charge in [-0.25, -0.2) is 9.89 Å². The molecule has 2 heterocycles. The Bertz CT molecular complexity index is 557. The lowest BCUT2D eigenvalue weighted by atomic mass is 10.2. The number of methoxy groups -OCH3 is 1. The normalized spacial score (nSPS) is 12.8. The van der Waals surface area contributed by atoms with E-state index in [9.17, 15) is 4.79 Å². The molecule has 0 aliphatic heterocycles. The Balaban J connectivity index is 2.19. The highest BCUT2D eigenvalue weighted by atomic mass is 16.5. The van der Waals surface area contributed by atoms with Crippen LogP contribution in [0.15, 0.2) is 16.9 Å². The van der Waals surface area contributed by atoms with Gasteiger partial charge in [-0.3, -0.25) is 0 Å². The van der Waals surface area contributed by atoms with Crippen LogP contribution in [0.25, 0.3) is 5.65 Å². The minimum absolute atomic E-state index is 0.0625. The average Bonchev–Trinajstić information content (AvgIpc) is 2.72. The molecule has 0 saturated carbocycles. The van der Waals surface area contributed by atoms with E-state index in [4.69, 9.17) is 10.5 Å². The van der Waals surface area contributed by atoms with Crippen molar-refractivity contribution in [2.24, 2.45) is 5.73 Å². The van der Waals surface area contributed by atoms with Crippen LogP contribution >= 0.6 is 0 Å². The second-order valence-electron chi connectivity index (χ2n) is 3.89. The standard InChI is InChI=1S/C10H16N6O2/c1-18-6-7(4-5-11)12-8-2-3-9-13-14-10(17)16(9)15-8/h2-3,7H,4-6,11H2,1H3,(H,12,15)(H,14,17). The smallest absolute Gasteiger partial charge is 0.364 e. The van der Waals surface area contributed by atoms with Crippen LogP contribution in [0, 0.1) is 0 Å². The molecule has 0 radical (unpaired) electrons. The molecule has 1 unspecified atom stereocenters. The lowest BCUT2D eigenvalue weighted by molar-refractivity contribution is 0.183. The molecule has 4 N–H and O–H groups in total. The quantitative estimate of drug-likeness (QED) is 0.620. The Morgan fingerprint density at radius 3 is 3.17 bits per heavy atom. The number of fused-ring (bicyclic) bond motifs is 1. The molecule has 8 heteroatoms. The number of hydrogen-bond donors (Lipinski definition) is 3. The number of aromatic nitrogens is 4. The minimum atomic E-state index is -0.365. The molecular formula is C10H16N6O2. The van der Waals surface area contributed by atoms with Crippen LogP contribution < -0.4 is 16.7 Å². The molecule has 0 amide bonds. The summed E-state index contributed by atoms with van der Waals surface area (Å²) < 4.78 is 6.30. The van der Waals surface area contributed by atoms with E-state index >= 15 is 0 Å². The fraction of sp³-hybridized carbons (Fsp3) is 0.500. The van der Waals surface area contributed by atoms with Crippen molar-refractivity contribution < 1.29 is 4.74 Å². The first kappa shape index (κ1) is 12.5. The number of hydrogen-bond acceptors (Lipinski definition) is 6. The van der Waals surface area contributed by atoms with Gasteiger partial charge in [0.05, 0.1) is 12.6 Å². The molecule has 2 aromatic rings. The number of rotatable bonds is 6. The molecule has 2 aromatic heterocycles. The zero-order valence-electron chi connectivity index (χ0n) is 10.1. The second kappa shape index (κ2) is 5.61. The summed E-state index contributed by atoms with van der Waals surface area (Å²) in [6.45, 7) is 1.08. The van der Waals surface area contributed by atoms with Crippen molar-refractivity contribution in [3.05, 3.63) is 22.6 Å². The third-order valence-corrected chi connectivity index (χ3v) is 2.51. The summed E-state index contributed by atoms with van der Waals surface area (Å²) in [5.74, 6) is 0.585. The topological polar surface area (TPSA) is 110 Å². The van der Waals surface area contributed by atoms with E-state index in [0.717, 1.165) is 6.42 Å². The van der Waals surface area contributed by atoms with Crippen LogP contribution in [-0.4, -0.2) is 46.1 Å². The van der Waals surface area contributed by atoms with E-state index in [0.29, 0.717) is 24.6 Å². The van der Waals surface area contributed by atoms with Gasteiger partial charge in [0.2, 0.25) is 0 Å². The third kappa shape index (κ3) is 2.66. The van der Waals surface area contributed by atoms with Gasteiger partial charge in [-0.15, -0.1) is 5.10 Å². The van der Waals surface area contributed by atoms with Crippen LogP contribution in [0.3, 0.4) is 0 Å². The van der Waals surface area contributed by atoms with Crippen LogP contribution in [0.1, 0.15) is 6.42 Å². The van der Waals surface area contributed by atoms with Crippen molar-refractivity contribution in [3.8, 4) is 0 Å². The molecule has 0 aromatic carbocycles. The highest BCUT2D eigenvalue weighted by Gasteiger charge is 2.09. The molecule has 0 saturated heterocycles. The van der Waals surface area contributed by atoms with Crippen LogP contribution in [-0.2, 0) is 4.74 Å². The van der Waals surface area contributed by atoms with Crippen molar-refractivity contribution in [1.82, 2.24) is 19.8 Å². The van der Waals surface area contributed by atoms with Gasteiger partial charge in [-0.05, 0) is 25.1 Å². The number of H-pyrrole nitrogens is 1. The van der Waals surface area contributed by atoms with Gasteiger partial charge in [-0.1, -0.05) is 0 Å². The molecule has 18 heavy (non-hydrogen) atoms. The summed E-state index contributed by atoms with van der Waals surface area (Å²) in [6, 6.07) is 3.53. The summed E-state index contributed by atoms with van der Waals surface area (Å²) in [5.41, 5.74) is 5.64. The summed E-state index contributed by atoms with van der Waals surface area (Å²) >= 11 is 0. The van der Waals surface area contributed by atoms with E-state index in [2.05, 4.69) is 20.6 Å². The van der Waals surface area contributed by atoms with Crippen molar-refractivity contribution in [3.63, 3.8) is 0 Å². The number of nitrogens with zero attached hydrogens (tertiary/aromatic N) is 3. The lowest BCUT2D eigenvalue weighted by Crippen LogP contribution is -2.28. The maximum absolute atomic E-state index is 11.4. The lowest BCUT2D eigenvalue weighted by Gasteiger charge is -2.17. The molecule has 0 fully saturated rings. The second-order valence-corrected chi connectivity index (χ2v) is 3.89. The fourth-order valence-corrected chi connectivity index (χ4v) is 1.69. The SMILES string of the molecule is COCC(CCN)Nc1ccc2n[nH]c(=O)n2n1. The number of ether oxygens (including phenoxy) is 1. The highest BCUT2D eigenvalue weighted by Crippen LogP contribution is 2.06. The number of nitrogens with one attached hydrogen (secondary N) is 2. The first-order chi connectivity index (χ1) is 8.74. The van der Waals surface area contributed by atoms with Gasteiger partial charge >= 0.3 is 5.69 Å². The van der Waals surface area contributed by atoms with Gasteiger partial charge in [0.25, 0.3) is 0 Å². The van der Waals surface area contributed by atoms with Crippen LogP contribution in [0.2, 0.25) is 0 Å². The molecule has 1 atom stereocenters. The summed E-state index contributed by atoms with van der Waals surface area (Å²) in [4.78, 5) is 11.4. The summed E-state index contributed by atoms with van der Waals surface area (Å²) in [5, 5.41) is 13.4. The van der Waals surface area contributed by atoms with Gasteiger partial charge in [0.15, 0.2) is 5.65 Å². The van der Waals surface area contributed by atoms with Crippen LogP contribution in [0.5, 0.6) is 0 Å². The van der Waals surface area contributed by atoms with Crippen molar-refractivity contribution in [1.29, 1.82) is 0 Å². The third-order valence-electron chi connectivity index (χ3n) is 2.51. The molecule has 0 bridgehead atoms. The fourth-order valence-electron chi connectivity index (χ4n) is 1.69. The Kier molecular flexibility index (Phi) is 3.90. The molecular weight excluding hydrogens is 236 g/mol. The zero-order valence-corrected chi connectivity index (χ0v) is 10.1. The maximum atomic E-state index is 11.4. The summed E-state index contributed by atoms with van der Waals surface area (Å²) in [6.07, 6.45) is 0.758. The molecule has 2 rings (SSSR count). The highest BCUT2D eigenvalue weighted by molar-refractivity contribution is 5.43. The van der Waals surface area contributed by atoms with E-state index < -0.39 is 0 Å². The van der Waals surface area contributed by atoms with Crippen molar-refractivity contribution in [2.45, 2.75) is 12.5 Å². The van der Waals surface area contributed by atoms with Crippen molar-refractivity contribution >= 4 is 11.5 Å².